The molecule has 0 aromatic heterocycles. The number of hydrogen-bond acceptors (Lipinski definition) is 6. The maximum Gasteiger partial charge on any atom is 0.397 e. The predicted octanol–water partition coefficient (Wildman–Crippen LogP) is 6.64. The topological polar surface area (TPSA) is 127 Å². The maximum atomic E-state index is 11.2. The standard InChI is InChI=1S/C22H45ClO8S2/c1-2-3-4-5-13-16-19-22(31-33(27,28)29)21(23)18-15-12-10-8-6-7-9-11-14-17-20-30-32(24,25)26/h21-22H,2-20H2,1H3,(H,24,25,26)(H,27,28,29)/t21-,22-/m1/s1. The summed E-state index contributed by atoms with van der Waals surface area (Å²) in [6, 6.07) is 0. The normalized spacial score (nSPS) is 14.4. The third-order valence-corrected chi connectivity index (χ3v) is 7.05. The Balaban J connectivity index is 3.80. The van der Waals surface area contributed by atoms with Crippen molar-refractivity contribution in [1.29, 1.82) is 0 Å². The summed E-state index contributed by atoms with van der Waals surface area (Å²) in [4.78, 5) is 0. The Morgan fingerprint density at radius 1 is 0.636 bits per heavy atom. The first kappa shape index (κ1) is 33.0. The molecule has 11 heteroatoms. The van der Waals surface area contributed by atoms with E-state index in [4.69, 9.17) is 24.9 Å². The van der Waals surface area contributed by atoms with E-state index in [1.807, 2.05) is 0 Å². The van der Waals surface area contributed by atoms with E-state index in [9.17, 15) is 16.8 Å². The van der Waals surface area contributed by atoms with Gasteiger partial charge in [-0.2, -0.15) is 16.8 Å². The molecule has 0 aliphatic heterocycles. The molecule has 8 nitrogen and oxygen atoms in total. The molecule has 0 spiro atoms. The lowest BCUT2D eigenvalue weighted by Crippen LogP contribution is -2.27. The molecule has 0 aromatic rings. The fourth-order valence-corrected chi connectivity index (χ4v) is 5.04. The van der Waals surface area contributed by atoms with Gasteiger partial charge in [-0.1, -0.05) is 103 Å². The fraction of sp³-hybridized carbons (Fsp3) is 1.00. The van der Waals surface area contributed by atoms with E-state index >= 15 is 0 Å². The molecule has 0 bridgehead atoms. The summed E-state index contributed by atoms with van der Waals surface area (Å²) in [6.45, 7) is 2.18. The summed E-state index contributed by atoms with van der Waals surface area (Å²) in [6.07, 6.45) is 17.0. The van der Waals surface area contributed by atoms with Crippen LogP contribution in [0.15, 0.2) is 0 Å². The molecule has 0 saturated heterocycles. The summed E-state index contributed by atoms with van der Waals surface area (Å²) in [5.41, 5.74) is 0. The number of rotatable bonds is 24. The van der Waals surface area contributed by atoms with Crippen molar-refractivity contribution < 1.29 is 34.3 Å². The van der Waals surface area contributed by atoms with Gasteiger partial charge in [0.1, 0.15) is 0 Å². The molecule has 0 aromatic carbocycles. The van der Waals surface area contributed by atoms with Gasteiger partial charge in [-0.3, -0.25) is 9.11 Å². The van der Waals surface area contributed by atoms with Gasteiger partial charge >= 0.3 is 20.8 Å². The molecule has 0 heterocycles. The molecule has 0 rings (SSSR count). The minimum absolute atomic E-state index is 0.0233. The molecule has 0 aliphatic rings. The number of alkyl halides is 1. The molecule has 33 heavy (non-hydrogen) atoms. The van der Waals surface area contributed by atoms with Crippen molar-refractivity contribution in [2.24, 2.45) is 0 Å². The van der Waals surface area contributed by atoms with E-state index in [0.717, 1.165) is 77.0 Å². The van der Waals surface area contributed by atoms with Crippen LogP contribution in [0.4, 0.5) is 0 Å². The lowest BCUT2D eigenvalue weighted by atomic mass is 10.0. The second-order valence-electron chi connectivity index (χ2n) is 8.71. The van der Waals surface area contributed by atoms with Crippen LogP contribution in [0.5, 0.6) is 0 Å². The van der Waals surface area contributed by atoms with E-state index in [2.05, 4.69) is 11.1 Å². The largest absolute Gasteiger partial charge is 0.397 e. The average Bonchev–Trinajstić information content (AvgIpc) is 2.71. The summed E-state index contributed by atoms with van der Waals surface area (Å²) < 4.78 is 69.8. The Hall–Kier alpha value is 0.0300. The van der Waals surface area contributed by atoms with Gasteiger partial charge < -0.3 is 0 Å². The molecule has 0 amide bonds. The first-order valence-electron chi connectivity index (χ1n) is 12.5. The van der Waals surface area contributed by atoms with Crippen LogP contribution in [0, 0.1) is 0 Å². The monoisotopic (exact) mass is 536 g/mol. The maximum absolute atomic E-state index is 11.2. The quantitative estimate of drug-likeness (QED) is 0.0797. The first-order valence-corrected chi connectivity index (χ1v) is 15.6. The average molecular weight is 537 g/mol. The molecule has 2 atom stereocenters. The summed E-state index contributed by atoms with van der Waals surface area (Å²) in [5.74, 6) is 0. The van der Waals surface area contributed by atoms with E-state index in [1.165, 1.54) is 19.3 Å². The zero-order chi connectivity index (χ0) is 25.0. The zero-order valence-electron chi connectivity index (χ0n) is 20.1. The predicted molar refractivity (Wildman–Crippen MR) is 132 cm³/mol. The van der Waals surface area contributed by atoms with Gasteiger partial charge in [0.25, 0.3) is 0 Å². The Bertz CT molecular complexity index is 655. The summed E-state index contributed by atoms with van der Waals surface area (Å²) in [7, 11) is -8.83. The number of unbranched alkanes of at least 4 members (excludes halogenated alkanes) is 14. The van der Waals surface area contributed by atoms with Crippen molar-refractivity contribution in [2.75, 3.05) is 6.61 Å². The first-order chi connectivity index (χ1) is 15.5. The van der Waals surface area contributed by atoms with Gasteiger partial charge in [-0.25, -0.2) is 8.37 Å². The SMILES string of the molecule is CCCCCCCC[C@@H](OS(=O)(=O)O)[C@H](Cl)CCCCCCCCCCCCOS(=O)(=O)O. The Labute approximate surface area is 207 Å². The van der Waals surface area contributed by atoms with E-state index in [1.54, 1.807) is 0 Å². The molecule has 0 fully saturated rings. The number of halogens is 1. The van der Waals surface area contributed by atoms with Crippen molar-refractivity contribution in [3.63, 3.8) is 0 Å². The van der Waals surface area contributed by atoms with Crippen LogP contribution in [-0.4, -0.2) is 44.0 Å². The molecule has 200 valence electrons. The van der Waals surface area contributed by atoms with Gasteiger partial charge in [0.2, 0.25) is 0 Å². The van der Waals surface area contributed by atoms with Gasteiger partial charge in [-0.05, 0) is 19.3 Å². The third kappa shape index (κ3) is 24.9. The van der Waals surface area contributed by atoms with Gasteiger partial charge in [-0.15, -0.1) is 11.6 Å². The number of hydrogen-bond donors (Lipinski definition) is 2. The highest BCUT2D eigenvalue weighted by Gasteiger charge is 2.24. The van der Waals surface area contributed by atoms with E-state index in [0.29, 0.717) is 19.3 Å². The van der Waals surface area contributed by atoms with Crippen LogP contribution >= 0.6 is 11.6 Å². The van der Waals surface area contributed by atoms with Crippen molar-refractivity contribution in [3.05, 3.63) is 0 Å². The minimum Gasteiger partial charge on any atom is -0.264 e. The minimum atomic E-state index is -4.51. The smallest absolute Gasteiger partial charge is 0.264 e. The van der Waals surface area contributed by atoms with Crippen molar-refractivity contribution in [2.45, 2.75) is 134 Å². The van der Waals surface area contributed by atoms with Gasteiger partial charge in [0.05, 0.1) is 18.1 Å². The van der Waals surface area contributed by atoms with Crippen molar-refractivity contribution in [1.82, 2.24) is 0 Å². The molecule has 0 unspecified atom stereocenters. The molecule has 0 saturated carbocycles. The zero-order valence-corrected chi connectivity index (χ0v) is 22.5. The Morgan fingerprint density at radius 3 is 1.52 bits per heavy atom. The molecular formula is C22H45ClO8S2. The second-order valence-corrected chi connectivity index (χ2v) is 11.4. The highest BCUT2D eigenvalue weighted by atomic mass is 35.5. The van der Waals surface area contributed by atoms with Crippen LogP contribution < -0.4 is 0 Å². The molecule has 0 aliphatic carbocycles. The highest BCUT2D eigenvalue weighted by molar-refractivity contribution is 7.81. The highest BCUT2D eigenvalue weighted by Crippen LogP contribution is 2.23. The lowest BCUT2D eigenvalue weighted by Gasteiger charge is -2.21. The third-order valence-electron chi connectivity index (χ3n) is 5.60. The lowest BCUT2D eigenvalue weighted by molar-refractivity contribution is 0.160. The Morgan fingerprint density at radius 2 is 1.06 bits per heavy atom. The fourth-order valence-electron chi connectivity index (χ4n) is 3.78. The van der Waals surface area contributed by atoms with Gasteiger partial charge in [0.15, 0.2) is 0 Å². The second kappa shape index (κ2) is 20.2. The summed E-state index contributed by atoms with van der Waals surface area (Å²) >= 11 is 6.42. The van der Waals surface area contributed by atoms with Crippen molar-refractivity contribution in [3.8, 4) is 0 Å². The summed E-state index contributed by atoms with van der Waals surface area (Å²) in [5, 5.41) is -0.438. The Kier molecular flexibility index (Phi) is 20.3. The van der Waals surface area contributed by atoms with Crippen LogP contribution in [0.3, 0.4) is 0 Å². The van der Waals surface area contributed by atoms with Gasteiger partial charge in [0, 0.05) is 0 Å². The van der Waals surface area contributed by atoms with Crippen LogP contribution in [-0.2, 0) is 29.2 Å². The van der Waals surface area contributed by atoms with Crippen LogP contribution in [0.2, 0.25) is 0 Å². The molecular weight excluding hydrogens is 492 g/mol. The molecule has 2 N–H and O–H groups in total. The van der Waals surface area contributed by atoms with E-state index < -0.39 is 32.3 Å². The van der Waals surface area contributed by atoms with Crippen molar-refractivity contribution >= 4 is 32.4 Å². The van der Waals surface area contributed by atoms with Crippen LogP contribution in [0.25, 0.3) is 0 Å². The van der Waals surface area contributed by atoms with E-state index in [-0.39, 0.29) is 6.61 Å². The van der Waals surface area contributed by atoms with Crippen LogP contribution in [0.1, 0.15) is 122 Å². The molecule has 0 radical (unpaired) electrons.